The highest BCUT2D eigenvalue weighted by Crippen LogP contribution is 2.31. The van der Waals surface area contributed by atoms with Crippen molar-refractivity contribution < 1.29 is 27.5 Å². The third-order valence-electron chi connectivity index (χ3n) is 4.50. The lowest BCUT2D eigenvalue weighted by Crippen LogP contribution is -2.34. The van der Waals surface area contributed by atoms with Crippen molar-refractivity contribution in [1.29, 1.82) is 0 Å². The lowest BCUT2D eigenvalue weighted by Gasteiger charge is -2.26. The number of hydrogen-bond donors (Lipinski definition) is 0. The number of rotatable bonds is 11. The van der Waals surface area contributed by atoms with Crippen LogP contribution in [0.1, 0.15) is 58.9 Å². The van der Waals surface area contributed by atoms with Crippen LogP contribution in [0.5, 0.6) is 5.75 Å². The molecule has 0 aromatic heterocycles. The van der Waals surface area contributed by atoms with Crippen molar-refractivity contribution in [3.63, 3.8) is 0 Å². The molecule has 0 radical (unpaired) electrons. The van der Waals surface area contributed by atoms with E-state index in [1.807, 2.05) is 27.7 Å². The molecule has 1 aromatic rings. The molecule has 0 amide bonds. The summed E-state index contributed by atoms with van der Waals surface area (Å²) in [7, 11) is -3.76. The zero-order valence-corrected chi connectivity index (χ0v) is 18.7. The molecule has 7 nitrogen and oxygen atoms in total. The van der Waals surface area contributed by atoms with Gasteiger partial charge in [0.2, 0.25) is 0 Å². The first kappa shape index (κ1) is 23.6. The number of fused-ring (bicyclic) bond motifs is 1. The van der Waals surface area contributed by atoms with E-state index in [2.05, 4.69) is 0 Å². The van der Waals surface area contributed by atoms with Gasteiger partial charge in [0.05, 0.1) is 18.1 Å². The highest BCUT2D eigenvalue weighted by atomic mass is 32.2. The molecule has 0 saturated carbocycles. The van der Waals surface area contributed by atoms with Crippen LogP contribution >= 0.6 is 0 Å². The van der Waals surface area contributed by atoms with Gasteiger partial charge in [-0.05, 0) is 55.4 Å². The van der Waals surface area contributed by atoms with Crippen molar-refractivity contribution in [2.75, 3.05) is 19.8 Å². The summed E-state index contributed by atoms with van der Waals surface area (Å²) in [4.78, 5) is 17.9. The Bertz CT molecular complexity index is 777. The summed E-state index contributed by atoms with van der Waals surface area (Å²) in [6.45, 7) is 8.89. The number of esters is 1. The highest BCUT2D eigenvalue weighted by Gasteiger charge is 2.30. The maximum absolute atomic E-state index is 13.0. The van der Waals surface area contributed by atoms with Crippen LogP contribution in [0.2, 0.25) is 0 Å². The predicted molar refractivity (Wildman–Crippen MR) is 110 cm³/mol. The van der Waals surface area contributed by atoms with Gasteiger partial charge in [-0.25, -0.2) is 13.2 Å². The van der Waals surface area contributed by atoms with E-state index in [1.54, 1.807) is 12.1 Å². The fraction of sp³-hybridized carbons (Fsp3) is 0.667. The molecule has 29 heavy (non-hydrogen) atoms. The fourth-order valence-corrected chi connectivity index (χ4v) is 4.30. The predicted octanol–water partition coefficient (Wildman–Crippen LogP) is 3.71. The molecule has 0 aliphatic carbocycles. The van der Waals surface area contributed by atoms with Crippen molar-refractivity contribution in [1.82, 2.24) is 4.47 Å². The van der Waals surface area contributed by atoms with Crippen LogP contribution in [0.25, 0.3) is 0 Å². The number of sulfonamides is 1. The highest BCUT2D eigenvalue weighted by molar-refractivity contribution is 7.89. The molecule has 0 bridgehead atoms. The first-order valence-electron chi connectivity index (χ1n) is 10.4. The van der Waals surface area contributed by atoms with Gasteiger partial charge >= 0.3 is 5.97 Å². The quantitative estimate of drug-likeness (QED) is 0.304. The Morgan fingerprint density at radius 1 is 1.28 bits per heavy atom. The van der Waals surface area contributed by atoms with Crippen molar-refractivity contribution >= 4 is 16.0 Å². The minimum Gasteiger partial charge on any atom is -0.478 e. The standard InChI is InChI=1S/C21H33NO6S/c1-5-7-13-27-22(12-6-2)29(24,25)18-9-11-19-17(14-18)8-10-20(28-19)21(23)26-15-16(3)4/h9,11,14,16,20H,5-8,10,12-13,15H2,1-4H3. The summed E-state index contributed by atoms with van der Waals surface area (Å²) in [5.74, 6) is 0.406. The van der Waals surface area contributed by atoms with E-state index in [-0.39, 0.29) is 16.8 Å². The summed E-state index contributed by atoms with van der Waals surface area (Å²) in [6.07, 6.45) is 2.72. The number of carbonyl (C=O) groups excluding carboxylic acids is 1. The van der Waals surface area contributed by atoms with Crippen LogP contribution in [-0.4, -0.2) is 44.7 Å². The molecule has 1 aliphatic rings. The van der Waals surface area contributed by atoms with E-state index in [9.17, 15) is 13.2 Å². The molecule has 1 atom stereocenters. The molecule has 164 valence electrons. The number of hydroxylamine groups is 1. The normalized spacial score (nSPS) is 16.6. The Kier molecular flexibility index (Phi) is 8.92. The summed E-state index contributed by atoms with van der Waals surface area (Å²) >= 11 is 0. The first-order valence-corrected chi connectivity index (χ1v) is 11.8. The minimum absolute atomic E-state index is 0.172. The Labute approximate surface area is 174 Å². The van der Waals surface area contributed by atoms with Gasteiger partial charge in [-0.1, -0.05) is 38.6 Å². The molecule has 0 fully saturated rings. The van der Waals surface area contributed by atoms with E-state index in [0.717, 1.165) is 22.9 Å². The van der Waals surface area contributed by atoms with Crippen LogP contribution in [0.3, 0.4) is 0 Å². The summed E-state index contributed by atoms with van der Waals surface area (Å²) < 4.78 is 38.1. The number of aryl methyl sites for hydroxylation is 1. The average molecular weight is 428 g/mol. The molecule has 0 saturated heterocycles. The molecule has 8 heteroatoms. The third-order valence-corrected chi connectivity index (χ3v) is 6.18. The van der Waals surface area contributed by atoms with E-state index in [0.29, 0.717) is 44.8 Å². The van der Waals surface area contributed by atoms with E-state index < -0.39 is 16.1 Å². The lowest BCUT2D eigenvalue weighted by molar-refractivity contribution is -0.153. The Hall–Kier alpha value is -1.64. The lowest BCUT2D eigenvalue weighted by atomic mass is 10.0. The molecule has 2 rings (SSSR count). The van der Waals surface area contributed by atoms with Gasteiger partial charge in [-0.3, -0.25) is 4.84 Å². The monoisotopic (exact) mass is 427 g/mol. The third kappa shape index (κ3) is 6.42. The number of nitrogens with zero attached hydrogens (tertiary/aromatic N) is 1. The van der Waals surface area contributed by atoms with E-state index in [1.165, 1.54) is 6.07 Å². The van der Waals surface area contributed by atoms with Crippen LogP contribution in [0.15, 0.2) is 23.1 Å². The maximum atomic E-state index is 13.0. The molecule has 1 aromatic carbocycles. The van der Waals surface area contributed by atoms with Crippen molar-refractivity contribution in [2.45, 2.75) is 70.8 Å². The summed E-state index contributed by atoms with van der Waals surface area (Å²) in [6, 6.07) is 4.73. The fourth-order valence-electron chi connectivity index (χ4n) is 2.90. The summed E-state index contributed by atoms with van der Waals surface area (Å²) in [5, 5.41) is 0. The Balaban J connectivity index is 2.12. The topological polar surface area (TPSA) is 82.1 Å². The number of benzene rings is 1. The van der Waals surface area contributed by atoms with Gasteiger partial charge < -0.3 is 9.47 Å². The number of ether oxygens (including phenoxy) is 2. The van der Waals surface area contributed by atoms with E-state index >= 15 is 0 Å². The summed E-state index contributed by atoms with van der Waals surface area (Å²) in [5.41, 5.74) is 0.768. The van der Waals surface area contributed by atoms with Crippen molar-refractivity contribution in [2.24, 2.45) is 5.92 Å². The largest absolute Gasteiger partial charge is 0.478 e. The van der Waals surface area contributed by atoms with Gasteiger partial charge in [0.15, 0.2) is 6.10 Å². The zero-order valence-electron chi connectivity index (χ0n) is 17.8. The van der Waals surface area contributed by atoms with Gasteiger partial charge in [0, 0.05) is 6.54 Å². The molecular formula is C21H33NO6S. The zero-order chi connectivity index (χ0) is 21.4. The number of unbranched alkanes of at least 4 members (excludes halogenated alkanes) is 1. The van der Waals surface area contributed by atoms with Gasteiger partial charge in [0.25, 0.3) is 10.0 Å². The van der Waals surface area contributed by atoms with Gasteiger partial charge in [-0.15, -0.1) is 0 Å². The van der Waals surface area contributed by atoms with E-state index in [4.69, 9.17) is 14.3 Å². The first-order chi connectivity index (χ1) is 13.8. The second kappa shape index (κ2) is 10.9. The van der Waals surface area contributed by atoms with Crippen LogP contribution in [0, 0.1) is 5.92 Å². The Morgan fingerprint density at radius 3 is 2.69 bits per heavy atom. The van der Waals surface area contributed by atoms with Crippen LogP contribution in [-0.2, 0) is 30.8 Å². The van der Waals surface area contributed by atoms with Crippen LogP contribution in [0.4, 0.5) is 0 Å². The number of carbonyl (C=O) groups is 1. The smallest absolute Gasteiger partial charge is 0.347 e. The molecule has 1 aliphatic heterocycles. The molecule has 0 spiro atoms. The maximum Gasteiger partial charge on any atom is 0.347 e. The average Bonchev–Trinajstić information content (AvgIpc) is 2.70. The minimum atomic E-state index is -3.76. The second-order valence-electron chi connectivity index (χ2n) is 7.66. The van der Waals surface area contributed by atoms with Crippen molar-refractivity contribution in [3.8, 4) is 5.75 Å². The van der Waals surface area contributed by atoms with Crippen molar-refractivity contribution in [3.05, 3.63) is 23.8 Å². The molecular weight excluding hydrogens is 394 g/mol. The SMILES string of the molecule is CCCCON(CCC)S(=O)(=O)c1ccc2c(c1)CCC(C(=O)OCC(C)C)O2. The van der Waals surface area contributed by atoms with Gasteiger partial charge in [0.1, 0.15) is 5.75 Å². The van der Waals surface area contributed by atoms with Gasteiger partial charge in [-0.2, -0.15) is 0 Å². The molecule has 1 heterocycles. The Morgan fingerprint density at radius 2 is 2.03 bits per heavy atom. The molecule has 0 N–H and O–H groups in total. The number of hydrogen-bond acceptors (Lipinski definition) is 6. The van der Waals surface area contributed by atoms with Crippen LogP contribution < -0.4 is 4.74 Å². The molecule has 1 unspecified atom stereocenters. The second-order valence-corrected chi connectivity index (χ2v) is 9.49.